The van der Waals surface area contributed by atoms with Crippen LogP contribution in [0.2, 0.25) is 5.02 Å². The van der Waals surface area contributed by atoms with Crippen LogP contribution in [0.3, 0.4) is 0 Å². The van der Waals surface area contributed by atoms with E-state index in [0.29, 0.717) is 5.02 Å². The van der Waals surface area contributed by atoms with Crippen LogP contribution in [0.25, 0.3) is 21.3 Å². The normalized spacial score (nSPS) is 13.4. The van der Waals surface area contributed by atoms with Gasteiger partial charge in [0.05, 0.1) is 26.7 Å². The molecule has 0 spiro atoms. The summed E-state index contributed by atoms with van der Waals surface area (Å²) in [5.74, 6) is -0.250. The van der Waals surface area contributed by atoms with Crippen molar-refractivity contribution in [2.75, 3.05) is 6.61 Å². The number of hydrogen-bond donors (Lipinski definition) is 0. The number of hydrogen-bond acceptors (Lipinski definition) is 5. The minimum Gasteiger partial charge on any atom is -0.462 e. The number of esters is 1. The summed E-state index contributed by atoms with van der Waals surface area (Å²) < 4.78 is 13.3. The Kier molecular flexibility index (Phi) is 6.80. The maximum absolute atomic E-state index is 12.5. The third-order valence-electron chi connectivity index (χ3n) is 4.80. The topological polar surface area (TPSA) is 48.4 Å². The van der Waals surface area contributed by atoms with Crippen LogP contribution < -0.4 is 0 Å². The van der Waals surface area contributed by atoms with E-state index in [1.54, 1.807) is 11.3 Å². The fourth-order valence-corrected chi connectivity index (χ4v) is 4.41. The van der Waals surface area contributed by atoms with Crippen LogP contribution in [0.1, 0.15) is 58.8 Å². The van der Waals surface area contributed by atoms with E-state index in [4.69, 9.17) is 21.1 Å². The number of nitrogens with zero attached hydrogens (tertiary/aromatic N) is 1. The van der Waals surface area contributed by atoms with Gasteiger partial charge >= 0.3 is 5.97 Å². The molecule has 31 heavy (non-hydrogen) atoms. The third kappa shape index (κ3) is 5.65. The van der Waals surface area contributed by atoms with E-state index < -0.39 is 17.1 Å². The first-order chi connectivity index (χ1) is 14.4. The lowest BCUT2D eigenvalue weighted by molar-refractivity contribution is -0.162. The Labute approximate surface area is 193 Å². The van der Waals surface area contributed by atoms with Gasteiger partial charge in [0.1, 0.15) is 12.7 Å². The summed E-state index contributed by atoms with van der Waals surface area (Å²) >= 11 is 7.74. The summed E-state index contributed by atoms with van der Waals surface area (Å²) in [6.45, 7) is 13.8. The molecule has 0 fully saturated rings. The van der Waals surface area contributed by atoms with Crippen molar-refractivity contribution in [2.45, 2.75) is 60.2 Å². The predicted octanol–water partition coefficient (Wildman–Crippen LogP) is 7.37. The van der Waals surface area contributed by atoms with Gasteiger partial charge in [0, 0.05) is 10.6 Å². The second-order valence-corrected chi connectivity index (χ2v) is 11.0. The lowest BCUT2D eigenvalue weighted by Gasteiger charge is -2.31. The Morgan fingerprint density at radius 1 is 1.13 bits per heavy atom. The molecule has 1 aromatic heterocycles. The molecule has 4 nitrogen and oxygen atoms in total. The zero-order valence-corrected chi connectivity index (χ0v) is 20.8. The lowest BCUT2D eigenvalue weighted by Crippen LogP contribution is -2.30. The van der Waals surface area contributed by atoms with Crippen LogP contribution in [0, 0.1) is 12.3 Å². The van der Waals surface area contributed by atoms with Gasteiger partial charge in [-0.25, -0.2) is 4.98 Å². The summed E-state index contributed by atoms with van der Waals surface area (Å²) in [5, 5.41) is 0.681. The third-order valence-corrected chi connectivity index (χ3v) is 5.91. The Morgan fingerprint density at radius 2 is 1.77 bits per heavy atom. The summed E-state index contributed by atoms with van der Waals surface area (Å²) in [7, 11) is 0. The van der Waals surface area contributed by atoms with Gasteiger partial charge in [0.15, 0.2) is 0 Å². The monoisotopic (exact) mass is 459 g/mol. The number of rotatable bonds is 5. The molecule has 0 aliphatic rings. The molecule has 3 rings (SSSR count). The molecule has 2 aromatic carbocycles. The van der Waals surface area contributed by atoms with Gasteiger partial charge in [-0.2, -0.15) is 0 Å². The number of ether oxygens (including phenoxy) is 2. The maximum atomic E-state index is 12.5. The minimum absolute atomic E-state index is 0.138. The van der Waals surface area contributed by atoms with E-state index >= 15 is 0 Å². The zero-order chi connectivity index (χ0) is 23.0. The molecule has 1 unspecified atom stereocenters. The van der Waals surface area contributed by atoms with Crippen molar-refractivity contribution in [3.63, 3.8) is 0 Å². The van der Waals surface area contributed by atoms with Gasteiger partial charge in [-0.05, 0) is 83.4 Å². The molecule has 1 heterocycles. The van der Waals surface area contributed by atoms with Crippen LogP contribution in [-0.2, 0) is 14.3 Å². The van der Waals surface area contributed by atoms with E-state index in [-0.39, 0.29) is 12.6 Å². The van der Waals surface area contributed by atoms with Crippen LogP contribution >= 0.6 is 22.9 Å². The molecule has 0 amide bonds. The Morgan fingerprint density at radius 3 is 2.35 bits per heavy atom. The highest BCUT2D eigenvalue weighted by molar-refractivity contribution is 7.17. The van der Waals surface area contributed by atoms with E-state index in [2.05, 4.69) is 18.0 Å². The molecule has 0 bridgehead atoms. The van der Waals surface area contributed by atoms with Gasteiger partial charge in [-0.15, -0.1) is 11.3 Å². The Hall–Kier alpha value is -1.95. The zero-order valence-electron chi connectivity index (χ0n) is 19.2. The minimum atomic E-state index is -0.581. The molecule has 1 atom stereocenters. The highest BCUT2D eigenvalue weighted by Gasteiger charge is 2.30. The second-order valence-electron chi connectivity index (χ2n) is 9.76. The summed E-state index contributed by atoms with van der Waals surface area (Å²) in [6, 6.07) is 9.86. The van der Waals surface area contributed by atoms with E-state index in [1.165, 1.54) is 0 Å². The predicted molar refractivity (Wildman–Crippen MR) is 129 cm³/mol. The molecular formula is C25H30ClNO3S. The highest BCUT2D eigenvalue weighted by Crippen LogP contribution is 2.42. The van der Waals surface area contributed by atoms with E-state index in [0.717, 1.165) is 32.5 Å². The number of halogens is 1. The van der Waals surface area contributed by atoms with Crippen molar-refractivity contribution < 1.29 is 14.3 Å². The SMILES string of the molecule is Cc1cc2ncsc2c(-c2ccc(Cl)cc2)c1C(COC(=O)C(C)(C)C)OC(C)(C)C. The van der Waals surface area contributed by atoms with Crippen LogP contribution in [0.15, 0.2) is 35.8 Å². The highest BCUT2D eigenvalue weighted by atomic mass is 35.5. The number of aromatic nitrogens is 1. The number of benzene rings is 2. The Bertz CT molecular complexity index is 1080. The maximum Gasteiger partial charge on any atom is 0.311 e. The van der Waals surface area contributed by atoms with Crippen LogP contribution in [-0.4, -0.2) is 23.2 Å². The molecular weight excluding hydrogens is 430 g/mol. The largest absolute Gasteiger partial charge is 0.462 e. The first-order valence-corrected chi connectivity index (χ1v) is 11.6. The van der Waals surface area contributed by atoms with E-state index in [9.17, 15) is 4.79 Å². The van der Waals surface area contributed by atoms with Gasteiger partial charge in [-0.3, -0.25) is 4.79 Å². The number of aryl methyl sites for hydroxylation is 1. The van der Waals surface area contributed by atoms with Gasteiger partial charge in [-0.1, -0.05) is 23.7 Å². The van der Waals surface area contributed by atoms with Gasteiger partial charge in [0.2, 0.25) is 0 Å². The van der Waals surface area contributed by atoms with Crippen LogP contribution in [0.5, 0.6) is 0 Å². The average molecular weight is 460 g/mol. The smallest absolute Gasteiger partial charge is 0.311 e. The van der Waals surface area contributed by atoms with Crippen molar-refractivity contribution in [2.24, 2.45) is 5.41 Å². The molecule has 0 radical (unpaired) electrons. The fourth-order valence-electron chi connectivity index (χ4n) is 3.44. The van der Waals surface area contributed by atoms with Crippen LogP contribution in [0.4, 0.5) is 0 Å². The molecule has 166 valence electrons. The second kappa shape index (κ2) is 8.89. The standard InChI is InChI=1S/C25H30ClNO3S/c1-15-12-18-22(31-14-27-18)21(16-8-10-17(26)11-9-16)20(15)19(30-25(5,6)7)13-29-23(28)24(2,3)4/h8-12,14,19H,13H2,1-7H3. The van der Waals surface area contributed by atoms with E-state index in [1.807, 2.05) is 71.3 Å². The van der Waals surface area contributed by atoms with Crippen molar-refractivity contribution >= 4 is 39.1 Å². The average Bonchev–Trinajstić information content (AvgIpc) is 3.11. The lowest BCUT2D eigenvalue weighted by atomic mass is 9.91. The van der Waals surface area contributed by atoms with Crippen molar-refractivity contribution in [1.29, 1.82) is 0 Å². The molecule has 0 saturated carbocycles. The number of carbonyl (C=O) groups is 1. The fraction of sp³-hybridized carbons (Fsp3) is 0.440. The Balaban J connectivity index is 2.17. The molecule has 0 aliphatic carbocycles. The first kappa shape index (κ1) is 23.7. The van der Waals surface area contributed by atoms with Crippen molar-refractivity contribution in [3.05, 3.63) is 52.0 Å². The van der Waals surface area contributed by atoms with Crippen molar-refractivity contribution in [3.8, 4) is 11.1 Å². The summed E-state index contributed by atoms with van der Waals surface area (Å²) in [4.78, 5) is 17.0. The molecule has 0 saturated heterocycles. The summed E-state index contributed by atoms with van der Waals surface area (Å²) in [5.41, 5.74) is 5.93. The molecule has 3 aromatic rings. The van der Waals surface area contributed by atoms with Crippen molar-refractivity contribution in [1.82, 2.24) is 4.98 Å². The van der Waals surface area contributed by atoms with Gasteiger partial charge < -0.3 is 9.47 Å². The quantitative estimate of drug-likeness (QED) is 0.373. The first-order valence-electron chi connectivity index (χ1n) is 10.3. The number of carbonyl (C=O) groups excluding carboxylic acids is 1. The van der Waals surface area contributed by atoms with Gasteiger partial charge in [0.25, 0.3) is 0 Å². The number of thiazole rings is 1. The molecule has 0 N–H and O–H groups in total. The summed E-state index contributed by atoms with van der Waals surface area (Å²) in [6.07, 6.45) is -0.427. The number of fused-ring (bicyclic) bond motifs is 1. The molecule has 0 aliphatic heterocycles. The molecule has 6 heteroatoms.